The maximum absolute atomic E-state index is 12.5. The molecule has 0 fully saturated rings. The largest absolute Gasteiger partial charge is 0.378 e. The summed E-state index contributed by atoms with van der Waals surface area (Å²) < 4.78 is 0. The second-order valence-electron chi connectivity index (χ2n) is 6.37. The lowest BCUT2D eigenvalue weighted by molar-refractivity contribution is -0.122. The van der Waals surface area contributed by atoms with Crippen LogP contribution >= 0.6 is 22.7 Å². The van der Waals surface area contributed by atoms with Crippen molar-refractivity contribution in [2.24, 2.45) is 0 Å². The molecule has 6 nitrogen and oxygen atoms in total. The van der Waals surface area contributed by atoms with Crippen molar-refractivity contribution in [3.8, 4) is 0 Å². The van der Waals surface area contributed by atoms with E-state index in [1.807, 2.05) is 22.2 Å². The number of imide groups is 1. The number of carbonyl (C=O) groups is 3. The first-order chi connectivity index (χ1) is 13.5. The zero-order chi connectivity index (χ0) is 19.7. The number of hydrogen-bond donors (Lipinski definition) is 2. The Balaban J connectivity index is 1.47. The number of nitrogens with one attached hydrogen (secondary N) is 1. The molecule has 3 amide bonds. The lowest BCUT2D eigenvalue weighted by Gasteiger charge is -2.27. The summed E-state index contributed by atoms with van der Waals surface area (Å²) in [5.74, 6) is -1.48. The van der Waals surface area contributed by atoms with Crippen LogP contribution in [0.25, 0.3) is 0 Å². The molecule has 3 aromatic rings. The van der Waals surface area contributed by atoms with Crippen LogP contribution < -0.4 is 5.32 Å². The number of hydrogen-bond acceptors (Lipinski definition) is 6. The molecular weight excluding hydrogens is 396 g/mol. The van der Waals surface area contributed by atoms with Gasteiger partial charge in [-0.15, -0.1) is 11.3 Å². The van der Waals surface area contributed by atoms with Gasteiger partial charge < -0.3 is 10.4 Å². The molecule has 2 N–H and O–H groups in total. The zero-order valence-corrected chi connectivity index (χ0v) is 16.3. The van der Waals surface area contributed by atoms with Crippen LogP contribution in [0, 0.1) is 0 Å². The van der Waals surface area contributed by atoms with Crippen LogP contribution in [0.5, 0.6) is 0 Å². The van der Waals surface area contributed by atoms with Gasteiger partial charge in [-0.1, -0.05) is 18.2 Å². The summed E-state index contributed by atoms with van der Waals surface area (Å²) >= 11 is 2.84. The fourth-order valence-electron chi connectivity index (χ4n) is 3.15. The lowest BCUT2D eigenvalue weighted by atomic mass is 9.94. The van der Waals surface area contributed by atoms with E-state index in [4.69, 9.17) is 0 Å². The van der Waals surface area contributed by atoms with Crippen molar-refractivity contribution < 1.29 is 19.5 Å². The van der Waals surface area contributed by atoms with Gasteiger partial charge in [-0.2, -0.15) is 11.3 Å². The zero-order valence-electron chi connectivity index (χ0n) is 14.6. The summed E-state index contributed by atoms with van der Waals surface area (Å²) in [5.41, 5.74) is -0.0884. The van der Waals surface area contributed by atoms with Crippen LogP contribution in [0.3, 0.4) is 0 Å². The molecule has 0 spiro atoms. The fraction of sp³-hybridized carbons (Fsp3) is 0.150. The van der Waals surface area contributed by atoms with Gasteiger partial charge in [-0.3, -0.25) is 19.3 Å². The normalized spacial score (nSPS) is 15.4. The molecule has 8 heteroatoms. The molecule has 142 valence electrons. The second kappa shape index (κ2) is 7.31. The van der Waals surface area contributed by atoms with Crippen molar-refractivity contribution in [3.63, 3.8) is 0 Å². The van der Waals surface area contributed by atoms with Crippen molar-refractivity contribution >= 4 is 40.4 Å². The predicted octanol–water partition coefficient (Wildman–Crippen LogP) is 2.46. The number of amides is 3. The fourth-order valence-corrected chi connectivity index (χ4v) is 4.72. The number of nitrogens with zero attached hydrogens (tertiary/aromatic N) is 1. The first-order valence-corrected chi connectivity index (χ1v) is 10.3. The van der Waals surface area contributed by atoms with Gasteiger partial charge in [0.1, 0.15) is 12.1 Å². The summed E-state index contributed by atoms with van der Waals surface area (Å²) in [6.07, 6.45) is 0. The Bertz CT molecular complexity index is 959. The van der Waals surface area contributed by atoms with E-state index >= 15 is 0 Å². The Labute approximate surface area is 169 Å². The third-order valence-corrected chi connectivity index (χ3v) is 6.35. The van der Waals surface area contributed by atoms with E-state index in [0.29, 0.717) is 21.6 Å². The second-order valence-corrected chi connectivity index (χ2v) is 8.10. The molecule has 4 rings (SSSR count). The summed E-state index contributed by atoms with van der Waals surface area (Å²) in [6.45, 7) is -0.456. The molecule has 1 aromatic carbocycles. The molecule has 0 radical (unpaired) electrons. The van der Waals surface area contributed by atoms with E-state index in [9.17, 15) is 19.5 Å². The smallest absolute Gasteiger partial charge is 0.262 e. The molecular formula is C20H16N2O4S2. The maximum Gasteiger partial charge on any atom is 0.262 e. The Morgan fingerprint density at radius 1 is 1.04 bits per heavy atom. The van der Waals surface area contributed by atoms with Gasteiger partial charge in [-0.05, 0) is 40.4 Å². The highest BCUT2D eigenvalue weighted by molar-refractivity contribution is 7.10. The minimum Gasteiger partial charge on any atom is -0.378 e. The monoisotopic (exact) mass is 412 g/mol. The lowest BCUT2D eigenvalue weighted by Crippen LogP contribution is -2.45. The predicted molar refractivity (Wildman–Crippen MR) is 106 cm³/mol. The van der Waals surface area contributed by atoms with E-state index in [1.165, 1.54) is 22.7 Å². The van der Waals surface area contributed by atoms with E-state index in [2.05, 4.69) is 5.32 Å². The molecule has 0 saturated heterocycles. The van der Waals surface area contributed by atoms with Crippen molar-refractivity contribution in [1.82, 2.24) is 10.2 Å². The Morgan fingerprint density at radius 2 is 1.75 bits per heavy atom. The minimum absolute atomic E-state index is 0.0632. The average molecular weight is 412 g/mol. The van der Waals surface area contributed by atoms with Crippen molar-refractivity contribution in [1.29, 1.82) is 0 Å². The Hall–Kier alpha value is -2.81. The standard InChI is InChI=1S/C20H16N2O4S2/c23-17(10-22-18(24)14-4-1-2-5-15(14)19(22)25)21-12-20(26,13-7-9-27-11-13)16-6-3-8-28-16/h1-9,11,26H,10,12H2,(H,21,23). The van der Waals surface area contributed by atoms with Gasteiger partial charge in [0.2, 0.25) is 5.91 Å². The van der Waals surface area contributed by atoms with Crippen molar-refractivity contribution in [2.45, 2.75) is 5.60 Å². The Kier molecular flexibility index (Phi) is 4.84. The van der Waals surface area contributed by atoms with Gasteiger partial charge in [-0.25, -0.2) is 0 Å². The summed E-state index contributed by atoms with van der Waals surface area (Å²) in [4.78, 5) is 38.9. The number of carbonyl (C=O) groups excluding carboxylic acids is 3. The third kappa shape index (κ3) is 3.15. The van der Waals surface area contributed by atoms with Crippen molar-refractivity contribution in [2.75, 3.05) is 13.1 Å². The van der Waals surface area contributed by atoms with E-state index in [0.717, 1.165) is 4.90 Å². The first kappa shape index (κ1) is 18.5. The minimum atomic E-state index is -1.37. The topological polar surface area (TPSA) is 86.7 Å². The molecule has 2 aromatic heterocycles. The van der Waals surface area contributed by atoms with Crippen LogP contribution in [-0.4, -0.2) is 40.8 Å². The highest BCUT2D eigenvalue weighted by atomic mass is 32.1. The van der Waals surface area contributed by atoms with Crippen LogP contribution in [0.2, 0.25) is 0 Å². The number of benzene rings is 1. The van der Waals surface area contributed by atoms with E-state index < -0.39 is 29.9 Å². The number of aliphatic hydroxyl groups is 1. The highest BCUT2D eigenvalue weighted by Gasteiger charge is 2.37. The number of rotatable bonds is 6. The maximum atomic E-state index is 12.5. The van der Waals surface area contributed by atoms with Gasteiger partial charge in [0.15, 0.2) is 0 Å². The number of thiophene rings is 2. The molecule has 1 aliphatic rings. The first-order valence-electron chi connectivity index (χ1n) is 8.51. The SMILES string of the molecule is O=C(CN1C(=O)c2ccccc2C1=O)NCC(O)(c1ccsc1)c1cccs1. The third-order valence-electron chi connectivity index (χ3n) is 4.65. The van der Waals surface area contributed by atoms with Crippen LogP contribution in [-0.2, 0) is 10.4 Å². The van der Waals surface area contributed by atoms with Gasteiger partial charge in [0.05, 0.1) is 17.7 Å². The van der Waals surface area contributed by atoms with E-state index in [-0.39, 0.29) is 6.54 Å². The van der Waals surface area contributed by atoms with Crippen LogP contribution in [0.4, 0.5) is 0 Å². The molecule has 1 aliphatic heterocycles. The highest BCUT2D eigenvalue weighted by Crippen LogP contribution is 2.33. The van der Waals surface area contributed by atoms with Gasteiger partial charge in [0, 0.05) is 10.4 Å². The quantitative estimate of drug-likeness (QED) is 0.609. The summed E-state index contributed by atoms with van der Waals surface area (Å²) in [5, 5.41) is 19.5. The molecule has 1 unspecified atom stereocenters. The molecule has 0 aliphatic carbocycles. The average Bonchev–Trinajstić information content (AvgIpc) is 3.46. The van der Waals surface area contributed by atoms with Gasteiger partial charge >= 0.3 is 0 Å². The molecule has 0 saturated carbocycles. The Morgan fingerprint density at radius 3 is 2.32 bits per heavy atom. The molecule has 1 atom stereocenters. The van der Waals surface area contributed by atoms with Crippen LogP contribution in [0.1, 0.15) is 31.2 Å². The van der Waals surface area contributed by atoms with E-state index in [1.54, 1.807) is 36.4 Å². The summed E-state index contributed by atoms with van der Waals surface area (Å²) in [6, 6.07) is 11.9. The summed E-state index contributed by atoms with van der Waals surface area (Å²) in [7, 11) is 0. The molecule has 28 heavy (non-hydrogen) atoms. The van der Waals surface area contributed by atoms with Crippen LogP contribution in [0.15, 0.2) is 58.6 Å². The van der Waals surface area contributed by atoms with Gasteiger partial charge in [0.25, 0.3) is 11.8 Å². The molecule has 3 heterocycles. The molecule has 0 bridgehead atoms. The number of fused-ring (bicyclic) bond motifs is 1. The van der Waals surface area contributed by atoms with Crippen molar-refractivity contribution in [3.05, 3.63) is 80.2 Å².